The first-order valence-electron chi connectivity index (χ1n) is 20.0. The van der Waals surface area contributed by atoms with Gasteiger partial charge in [0.2, 0.25) is 5.91 Å². The van der Waals surface area contributed by atoms with Crippen LogP contribution in [0.15, 0.2) is 24.3 Å². The molecular formula is C41H74BrNO5. The highest BCUT2D eigenvalue weighted by Gasteiger charge is 2.18. The van der Waals surface area contributed by atoms with Crippen LogP contribution < -0.4 is 5.32 Å². The van der Waals surface area contributed by atoms with Crippen LogP contribution in [0, 0.1) is 0 Å². The molecule has 0 rings (SSSR count). The largest absolute Gasteiger partial charge is 0.462 e. The predicted molar refractivity (Wildman–Crippen MR) is 207 cm³/mol. The third-order valence-electron chi connectivity index (χ3n) is 8.66. The maximum atomic E-state index is 12.5. The standard InChI is InChI=1S/C41H74BrNO5/c1-3-5-7-9-11-13-15-17-19-21-23-25-27-29-31-33-40(45)47-37-38(36-43-39(44)35-42)48-41(46)34-32-30-28-26-24-22-20-18-16-14-12-10-8-6-4-2/h17-20,38H,3-16,21-37H2,1-2H3,(H,43,44)/b19-17+,20-18+/t38-/m0/s1. The van der Waals surface area contributed by atoms with Gasteiger partial charge < -0.3 is 14.8 Å². The molecule has 0 aromatic heterocycles. The van der Waals surface area contributed by atoms with Gasteiger partial charge in [-0.25, -0.2) is 0 Å². The molecule has 0 aliphatic heterocycles. The minimum atomic E-state index is -0.679. The molecule has 280 valence electrons. The van der Waals surface area contributed by atoms with Crippen molar-refractivity contribution in [2.45, 2.75) is 200 Å². The van der Waals surface area contributed by atoms with Crippen LogP contribution in [0.5, 0.6) is 0 Å². The van der Waals surface area contributed by atoms with Gasteiger partial charge in [-0.3, -0.25) is 14.4 Å². The Bertz CT molecular complexity index is 800. The molecule has 1 atom stereocenters. The molecule has 1 N–H and O–H groups in total. The molecule has 48 heavy (non-hydrogen) atoms. The first kappa shape index (κ1) is 46.4. The molecule has 0 saturated carbocycles. The highest BCUT2D eigenvalue weighted by atomic mass is 79.9. The Kier molecular flexibility index (Phi) is 36.9. The van der Waals surface area contributed by atoms with Crippen LogP contribution in [0.2, 0.25) is 0 Å². The summed E-state index contributed by atoms with van der Waals surface area (Å²) in [7, 11) is 0. The Morgan fingerprint density at radius 2 is 0.917 bits per heavy atom. The molecule has 0 aliphatic rings. The van der Waals surface area contributed by atoms with Crippen molar-refractivity contribution in [1.29, 1.82) is 0 Å². The summed E-state index contributed by atoms with van der Waals surface area (Å²) >= 11 is 3.13. The van der Waals surface area contributed by atoms with E-state index in [2.05, 4.69) is 59.4 Å². The lowest BCUT2D eigenvalue weighted by atomic mass is 10.1. The molecular weight excluding hydrogens is 666 g/mol. The number of alkyl halides is 1. The Hall–Kier alpha value is -1.63. The van der Waals surface area contributed by atoms with E-state index in [4.69, 9.17) is 9.47 Å². The molecule has 1 amide bonds. The van der Waals surface area contributed by atoms with Crippen LogP contribution in [-0.2, 0) is 23.9 Å². The number of amides is 1. The number of carbonyl (C=O) groups excluding carboxylic acids is 3. The van der Waals surface area contributed by atoms with Gasteiger partial charge in [0.1, 0.15) is 6.61 Å². The number of unbranched alkanes of at least 4 members (excludes halogenated alkanes) is 22. The van der Waals surface area contributed by atoms with E-state index >= 15 is 0 Å². The second-order valence-corrected chi connectivity index (χ2v) is 14.0. The smallest absolute Gasteiger partial charge is 0.306 e. The fourth-order valence-corrected chi connectivity index (χ4v) is 5.79. The Morgan fingerprint density at radius 1 is 0.542 bits per heavy atom. The first-order valence-corrected chi connectivity index (χ1v) is 21.1. The van der Waals surface area contributed by atoms with Gasteiger partial charge in [-0.05, 0) is 64.2 Å². The second-order valence-electron chi connectivity index (χ2n) is 13.4. The van der Waals surface area contributed by atoms with Crippen molar-refractivity contribution in [2.24, 2.45) is 0 Å². The molecule has 0 bridgehead atoms. The molecule has 0 aliphatic carbocycles. The molecule has 0 aromatic rings. The molecule has 6 nitrogen and oxygen atoms in total. The van der Waals surface area contributed by atoms with Crippen molar-refractivity contribution in [1.82, 2.24) is 5.32 Å². The number of ether oxygens (including phenoxy) is 2. The maximum Gasteiger partial charge on any atom is 0.306 e. The topological polar surface area (TPSA) is 81.7 Å². The van der Waals surface area contributed by atoms with E-state index in [0.29, 0.717) is 12.8 Å². The molecule has 0 heterocycles. The molecule has 0 aromatic carbocycles. The third kappa shape index (κ3) is 35.7. The van der Waals surface area contributed by atoms with Crippen LogP contribution in [0.1, 0.15) is 194 Å². The third-order valence-corrected chi connectivity index (χ3v) is 9.17. The lowest BCUT2D eigenvalue weighted by Gasteiger charge is -2.18. The molecule has 0 spiro atoms. The number of rotatable bonds is 36. The fraction of sp³-hybridized carbons (Fsp3) is 0.829. The molecule has 0 radical (unpaired) electrons. The second kappa shape index (κ2) is 38.2. The summed E-state index contributed by atoms with van der Waals surface area (Å²) in [5, 5.41) is 2.88. The fourth-order valence-electron chi connectivity index (χ4n) is 5.59. The monoisotopic (exact) mass is 739 g/mol. The van der Waals surface area contributed by atoms with E-state index in [0.717, 1.165) is 51.4 Å². The normalized spacial score (nSPS) is 12.1. The van der Waals surface area contributed by atoms with E-state index < -0.39 is 6.10 Å². The SMILES string of the molecule is CCCCCCCC/C=C/CCCCCCCC(=O)OC[C@H](CNC(=O)CBr)OC(=O)CCCCCCC/C=C/CCCCCCCC. The van der Waals surface area contributed by atoms with Gasteiger partial charge in [0.25, 0.3) is 0 Å². The van der Waals surface area contributed by atoms with Crippen molar-refractivity contribution in [2.75, 3.05) is 18.5 Å². The van der Waals surface area contributed by atoms with Gasteiger partial charge in [0.05, 0.1) is 11.9 Å². The number of halogens is 1. The van der Waals surface area contributed by atoms with Gasteiger partial charge >= 0.3 is 11.9 Å². The molecule has 7 heteroatoms. The summed E-state index contributed by atoms with van der Waals surface area (Å²) in [5.74, 6) is -0.787. The number of carbonyl (C=O) groups is 3. The van der Waals surface area contributed by atoms with Crippen LogP contribution >= 0.6 is 15.9 Å². The summed E-state index contributed by atoms with van der Waals surface area (Å²) in [6.45, 7) is 4.61. The average Bonchev–Trinajstić information content (AvgIpc) is 3.09. The lowest BCUT2D eigenvalue weighted by molar-refractivity contribution is -0.159. The quantitative estimate of drug-likeness (QED) is 0.0299. The zero-order chi connectivity index (χ0) is 35.2. The predicted octanol–water partition coefficient (Wildman–Crippen LogP) is 12.0. The molecule has 0 fully saturated rings. The number of hydrogen-bond acceptors (Lipinski definition) is 5. The van der Waals surface area contributed by atoms with Crippen LogP contribution in [0.25, 0.3) is 0 Å². The first-order chi connectivity index (χ1) is 23.5. The van der Waals surface area contributed by atoms with Gasteiger partial charge in [0, 0.05) is 12.8 Å². The molecule has 0 saturated heterocycles. The summed E-state index contributed by atoms with van der Waals surface area (Å²) in [6.07, 6.45) is 40.7. The lowest BCUT2D eigenvalue weighted by Crippen LogP contribution is -2.38. The summed E-state index contributed by atoms with van der Waals surface area (Å²) < 4.78 is 11.0. The average molecular weight is 741 g/mol. The van der Waals surface area contributed by atoms with E-state index in [1.807, 2.05) is 0 Å². The van der Waals surface area contributed by atoms with Crippen molar-refractivity contribution in [3.8, 4) is 0 Å². The van der Waals surface area contributed by atoms with Crippen molar-refractivity contribution >= 4 is 33.8 Å². The van der Waals surface area contributed by atoms with Gasteiger partial charge in [0.15, 0.2) is 6.10 Å². The zero-order valence-electron chi connectivity index (χ0n) is 31.2. The number of nitrogens with one attached hydrogen (secondary N) is 1. The Labute approximate surface area is 304 Å². The number of allylic oxidation sites excluding steroid dienone is 4. The van der Waals surface area contributed by atoms with Gasteiger partial charge in [-0.1, -0.05) is 157 Å². The van der Waals surface area contributed by atoms with Gasteiger partial charge in [-0.15, -0.1) is 0 Å². The summed E-state index contributed by atoms with van der Waals surface area (Å²) in [5.41, 5.74) is 0. The maximum absolute atomic E-state index is 12.5. The summed E-state index contributed by atoms with van der Waals surface area (Å²) in [6, 6.07) is 0. The van der Waals surface area contributed by atoms with E-state index in [1.54, 1.807) is 0 Å². The number of hydrogen-bond donors (Lipinski definition) is 1. The minimum Gasteiger partial charge on any atom is -0.462 e. The Morgan fingerprint density at radius 3 is 1.33 bits per heavy atom. The van der Waals surface area contributed by atoms with Crippen LogP contribution in [-0.4, -0.2) is 42.4 Å². The van der Waals surface area contributed by atoms with E-state index in [9.17, 15) is 14.4 Å². The van der Waals surface area contributed by atoms with E-state index in [1.165, 1.54) is 116 Å². The highest BCUT2D eigenvalue weighted by Crippen LogP contribution is 2.13. The van der Waals surface area contributed by atoms with Crippen LogP contribution in [0.3, 0.4) is 0 Å². The molecule has 0 unspecified atom stereocenters. The van der Waals surface area contributed by atoms with Crippen LogP contribution in [0.4, 0.5) is 0 Å². The minimum absolute atomic E-state index is 0.0371. The Balaban J connectivity index is 3.95. The van der Waals surface area contributed by atoms with Crippen molar-refractivity contribution < 1.29 is 23.9 Å². The number of esters is 2. The highest BCUT2D eigenvalue weighted by molar-refractivity contribution is 9.09. The summed E-state index contributed by atoms with van der Waals surface area (Å²) in [4.78, 5) is 36.5. The van der Waals surface area contributed by atoms with Gasteiger partial charge in [-0.2, -0.15) is 0 Å². The zero-order valence-corrected chi connectivity index (χ0v) is 32.8. The van der Waals surface area contributed by atoms with Crippen molar-refractivity contribution in [3.63, 3.8) is 0 Å². The van der Waals surface area contributed by atoms with Crippen molar-refractivity contribution in [3.05, 3.63) is 24.3 Å². The van der Waals surface area contributed by atoms with E-state index in [-0.39, 0.29) is 36.3 Å².